The third-order valence-corrected chi connectivity index (χ3v) is 1.31. The second-order valence-corrected chi connectivity index (χ2v) is 2.46. The van der Waals surface area contributed by atoms with Crippen LogP contribution >= 0.6 is 0 Å². The molecule has 0 aliphatic heterocycles. The van der Waals surface area contributed by atoms with Gasteiger partial charge in [0.25, 0.3) is 0 Å². The van der Waals surface area contributed by atoms with Crippen molar-refractivity contribution in [3.8, 4) is 0 Å². The minimum absolute atomic E-state index is 0.149. The minimum atomic E-state index is -0.997. The van der Waals surface area contributed by atoms with Gasteiger partial charge in [-0.1, -0.05) is 0 Å². The number of amides is 1. The molecule has 0 aliphatic carbocycles. The minimum Gasteiger partial charge on any atom is -0.384 e. The third kappa shape index (κ3) is 2.03. The van der Waals surface area contributed by atoms with Gasteiger partial charge in [0.2, 0.25) is 5.91 Å². The van der Waals surface area contributed by atoms with Crippen molar-refractivity contribution in [2.45, 2.75) is 12.5 Å². The number of primary amides is 1. The van der Waals surface area contributed by atoms with E-state index in [-0.39, 0.29) is 12.2 Å². The van der Waals surface area contributed by atoms with Crippen molar-refractivity contribution >= 4 is 5.91 Å². The molecule has 1 atom stereocenters. The lowest BCUT2D eigenvalue weighted by Gasteiger charge is -2.01. The van der Waals surface area contributed by atoms with Gasteiger partial charge >= 0.3 is 0 Å². The Morgan fingerprint density at radius 3 is 3.00 bits per heavy atom. The lowest BCUT2D eigenvalue weighted by molar-refractivity contribution is -0.120. The summed E-state index contributed by atoms with van der Waals surface area (Å²) in [7, 11) is 1.67. The first-order valence-corrected chi connectivity index (χ1v) is 3.41. The molecular formula is C6H10N4O2. The fourth-order valence-corrected chi connectivity index (χ4v) is 0.790. The maximum Gasteiger partial charge on any atom is 0.220 e. The number of carbonyl (C=O) groups is 1. The summed E-state index contributed by atoms with van der Waals surface area (Å²) >= 11 is 0. The fourth-order valence-electron chi connectivity index (χ4n) is 0.790. The molecule has 66 valence electrons. The summed E-state index contributed by atoms with van der Waals surface area (Å²) in [6.45, 7) is 0. The first-order chi connectivity index (χ1) is 5.59. The fraction of sp³-hybridized carbons (Fsp3) is 0.500. The van der Waals surface area contributed by atoms with Gasteiger partial charge in [0.15, 0.2) is 5.82 Å². The van der Waals surface area contributed by atoms with E-state index in [0.717, 1.165) is 0 Å². The zero-order valence-corrected chi connectivity index (χ0v) is 6.64. The number of nitrogens with two attached hydrogens (primary N) is 1. The van der Waals surface area contributed by atoms with Crippen LogP contribution in [0.1, 0.15) is 18.3 Å². The first-order valence-electron chi connectivity index (χ1n) is 3.41. The smallest absolute Gasteiger partial charge is 0.220 e. The highest BCUT2D eigenvalue weighted by Crippen LogP contribution is 2.09. The van der Waals surface area contributed by atoms with Crippen molar-refractivity contribution in [2.24, 2.45) is 12.8 Å². The van der Waals surface area contributed by atoms with Crippen molar-refractivity contribution in [1.29, 1.82) is 0 Å². The van der Waals surface area contributed by atoms with Crippen molar-refractivity contribution in [3.05, 3.63) is 12.2 Å². The number of aryl methyl sites for hydroxylation is 1. The Bertz CT molecular complexity index is 283. The van der Waals surface area contributed by atoms with Crippen LogP contribution in [0.5, 0.6) is 0 Å². The molecule has 0 aromatic carbocycles. The highest BCUT2D eigenvalue weighted by atomic mass is 16.3. The first kappa shape index (κ1) is 8.66. The molecule has 1 aromatic heterocycles. The Balaban J connectivity index is 2.64. The van der Waals surface area contributed by atoms with Crippen molar-refractivity contribution < 1.29 is 9.90 Å². The number of aliphatic hydroxyl groups excluding tert-OH is 1. The average molecular weight is 170 g/mol. The molecule has 6 nitrogen and oxygen atoms in total. The number of aliphatic hydroxyl groups is 1. The predicted molar refractivity (Wildman–Crippen MR) is 39.8 cm³/mol. The van der Waals surface area contributed by atoms with E-state index in [0.29, 0.717) is 0 Å². The van der Waals surface area contributed by atoms with Crippen molar-refractivity contribution in [1.82, 2.24) is 14.8 Å². The summed E-state index contributed by atoms with van der Waals surface area (Å²) in [5, 5.41) is 13.1. The van der Waals surface area contributed by atoms with Crippen LogP contribution < -0.4 is 5.73 Å². The Morgan fingerprint density at radius 2 is 2.58 bits per heavy atom. The van der Waals surface area contributed by atoms with Gasteiger partial charge in [0, 0.05) is 7.05 Å². The van der Waals surface area contributed by atoms with E-state index >= 15 is 0 Å². The summed E-state index contributed by atoms with van der Waals surface area (Å²) < 4.78 is 1.44. The van der Waals surface area contributed by atoms with Gasteiger partial charge in [-0.2, -0.15) is 5.10 Å². The van der Waals surface area contributed by atoms with E-state index in [1.807, 2.05) is 0 Å². The molecule has 0 fully saturated rings. The molecule has 0 bridgehead atoms. The van der Waals surface area contributed by atoms with E-state index in [9.17, 15) is 9.90 Å². The summed E-state index contributed by atoms with van der Waals surface area (Å²) in [6.07, 6.45) is 0.299. The molecule has 0 saturated carbocycles. The number of hydrogen-bond acceptors (Lipinski definition) is 4. The molecule has 1 amide bonds. The van der Waals surface area contributed by atoms with Gasteiger partial charge in [-0.25, -0.2) is 4.98 Å². The van der Waals surface area contributed by atoms with Crippen LogP contribution in [0.3, 0.4) is 0 Å². The van der Waals surface area contributed by atoms with Crippen LogP contribution in [0.15, 0.2) is 6.33 Å². The maximum atomic E-state index is 10.4. The molecule has 0 spiro atoms. The van der Waals surface area contributed by atoms with E-state index in [1.165, 1.54) is 11.0 Å². The quantitative estimate of drug-likeness (QED) is 0.591. The van der Waals surface area contributed by atoms with E-state index in [4.69, 9.17) is 5.73 Å². The largest absolute Gasteiger partial charge is 0.384 e. The molecule has 1 aromatic rings. The van der Waals surface area contributed by atoms with Gasteiger partial charge in [0.05, 0.1) is 6.42 Å². The number of rotatable bonds is 3. The monoisotopic (exact) mass is 170 g/mol. The highest BCUT2D eigenvalue weighted by molar-refractivity contribution is 5.74. The summed E-state index contributed by atoms with van der Waals surface area (Å²) in [5.74, 6) is -0.355. The standard InChI is InChI=1S/C6H10N4O2/c1-10-3-8-6(9-10)4(11)2-5(7)12/h3-4,11H,2H2,1H3,(H2,7,12). The van der Waals surface area contributed by atoms with Crippen LogP contribution in [0.4, 0.5) is 0 Å². The van der Waals surface area contributed by atoms with Crippen molar-refractivity contribution in [2.75, 3.05) is 0 Å². The average Bonchev–Trinajstić information content (AvgIpc) is 2.34. The summed E-state index contributed by atoms with van der Waals surface area (Å²) in [4.78, 5) is 14.2. The number of hydrogen-bond donors (Lipinski definition) is 2. The molecule has 0 aliphatic rings. The number of aromatic nitrogens is 3. The molecular weight excluding hydrogens is 160 g/mol. The Morgan fingerprint density at radius 1 is 1.92 bits per heavy atom. The lowest BCUT2D eigenvalue weighted by atomic mass is 10.2. The van der Waals surface area contributed by atoms with E-state index < -0.39 is 12.0 Å². The van der Waals surface area contributed by atoms with Crippen molar-refractivity contribution in [3.63, 3.8) is 0 Å². The number of carbonyl (C=O) groups excluding carboxylic acids is 1. The zero-order chi connectivity index (χ0) is 9.14. The van der Waals surface area contributed by atoms with Gasteiger partial charge < -0.3 is 10.8 Å². The van der Waals surface area contributed by atoms with Crippen LogP contribution in [0, 0.1) is 0 Å². The van der Waals surface area contributed by atoms with Crippen LogP contribution in [-0.2, 0) is 11.8 Å². The van der Waals surface area contributed by atoms with Crippen LogP contribution in [-0.4, -0.2) is 25.8 Å². The molecule has 6 heteroatoms. The third-order valence-electron chi connectivity index (χ3n) is 1.31. The predicted octanol–water partition coefficient (Wildman–Crippen LogP) is -1.28. The van der Waals surface area contributed by atoms with E-state index in [2.05, 4.69) is 10.1 Å². The summed E-state index contributed by atoms with van der Waals surface area (Å²) in [6, 6.07) is 0. The molecule has 0 saturated heterocycles. The second kappa shape index (κ2) is 3.31. The maximum absolute atomic E-state index is 10.4. The lowest BCUT2D eigenvalue weighted by Crippen LogP contribution is -2.15. The molecule has 12 heavy (non-hydrogen) atoms. The summed E-state index contributed by atoms with van der Waals surface area (Å²) in [5.41, 5.74) is 4.88. The van der Waals surface area contributed by atoms with E-state index in [1.54, 1.807) is 7.05 Å². The molecule has 3 N–H and O–H groups in total. The number of nitrogens with zero attached hydrogens (tertiary/aromatic N) is 3. The zero-order valence-electron chi connectivity index (χ0n) is 6.64. The Kier molecular flexibility index (Phi) is 2.39. The van der Waals surface area contributed by atoms with Gasteiger partial charge in [-0.05, 0) is 0 Å². The van der Waals surface area contributed by atoms with Gasteiger partial charge in [-0.3, -0.25) is 9.48 Å². The molecule has 0 radical (unpaired) electrons. The topological polar surface area (TPSA) is 94.0 Å². The van der Waals surface area contributed by atoms with Crippen LogP contribution in [0.25, 0.3) is 0 Å². The Labute approximate surface area is 69.0 Å². The van der Waals surface area contributed by atoms with Gasteiger partial charge in [-0.15, -0.1) is 0 Å². The SMILES string of the molecule is Cn1cnc(C(O)CC(N)=O)n1. The molecule has 1 unspecified atom stereocenters. The Hall–Kier alpha value is -1.43. The van der Waals surface area contributed by atoms with Gasteiger partial charge in [0.1, 0.15) is 12.4 Å². The highest BCUT2D eigenvalue weighted by Gasteiger charge is 2.14. The molecule has 1 rings (SSSR count). The molecule has 1 heterocycles. The normalized spacial score (nSPS) is 12.8. The second-order valence-electron chi connectivity index (χ2n) is 2.46. The van der Waals surface area contributed by atoms with Crippen LogP contribution in [0.2, 0.25) is 0 Å².